The van der Waals surface area contributed by atoms with E-state index in [2.05, 4.69) is 46.4 Å². The van der Waals surface area contributed by atoms with Crippen molar-refractivity contribution in [1.29, 1.82) is 0 Å². The number of imidazole rings is 2. The van der Waals surface area contributed by atoms with E-state index in [1.54, 1.807) is 0 Å². The van der Waals surface area contributed by atoms with Crippen molar-refractivity contribution in [3.63, 3.8) is 0 Å². The van der Waals surface area contributed by atoms with E-state index in [1.165, 1.54) is 0 Å². The summed E-state index contributed by atoms with van der Waals surface area (Å²) < 4.78 is 0. The van der Waals surface area contributed by atoms with Crippen LogP contribution in [-0.2, 0) is 12.8 Å². The van der Waals surface area contributed by atoms with Crippen molar-refractivity contribution in [1.82, 2.24) is 29.9 Å². The molecule has 0 radical (unpaired) electrons. The molecule has 12 bridgehead atoms. The Bertz CT molecular complexity index is 2820. The van der Waals surface area contributed by atoms with Crippen LogP contribution in [0, 0.1) is 0 Å². The van der Waals surface area contributed by atoms with E-state index in [0.717, 1.165) is 77.2 Å². The maximum Gasteiger partial charge on any atom is 0.142 e. The highest BCUT2D eigenvalue weighted by atomic mass is 16.3. The smallest absolute Gasteiger partial charge is 0.142 e. The topological polar surface area (TPSA) is 124 Å². The van der Waals surface area contributed by atoms with Crippen LogP contribution in [0.15, 0.2) is 84.9 Å². The first-order chi connectivity index (χ1) is 22.6. The number of fused-ring (bicyclic) bond motifs is 12. The molecule has 0 aliphatic carbocycles. The number of benzene rings is 6. The van der Waals surface area contributed by atoms with Crippen LogP contribution in [0.4, 0.5) is 0 Å². The van der Waals surface area contributed by atoms with Crippen LogP contribution in [0.3, 0.4) is 0 Å². The van der Waals surface area contributed by atoms with Crippen LogP contribution in [0.1, 0.15) is 22.5 Å². The number of aromatic nitrogens is 6. The van der Waals surface area contributed by atoms with Gasteiger partial charge in [0.25, 0.3) is 0 Å². The fourth-order valence-electron chi connectivity index (χ4n) is 7.57. The molecule has 2 aliphatic heterocycles. The van der Waals surface area contributed by atoms with Gasteiger partial charge in [0, 0.05) is 34.4 Å². The summed E-state index contributed by atoms with van der Waals surface area (Å²) in [6, 6.07) is 28.1. The van der Waals surface area contributed by atoms with Crippen molar-refractivity contribution in [2.45, 2.75) is 12.8 Å². The Hall–Kier alpha value is -6.28. The van der Waals surface area contributed by atoms with Crippen LogP contribution >= 0.6 is 0 Å². The van der Waals surface area contributed by atoms with E-state index >= 15 is 0 Å². The fraction of sp³-hybridized carbons (Fsp3) is 0.0526. The Balaban J connectivity index is 1.39. The quantitative estimate of drug-likeness (QED) is 0.141. The molecule has 5 heterocycles. The van der Waals surface area contributed by atoms with Gasteiger partial charge in [0.05, 0.1) is 55.3 Å². The average Bonchev–Trinajstić information content (AvgIpc) is 3.87. The monoisotopic (exact) mass is 594 g/mol. The van der Waals surface area contributed by atoms with E-state index in [9.17, 15) is 10.2 Å². The number of para-hydroxylation sites is 2. The van der Waals surface area contributed by atoms with Crippen molar-refractivity contribution < 1.29 is 10.2 Å². The molecule has 0 fully saturated rings. The van der Waals surface area contributed by atoms with Gasteiger partial charge in [-0.15, -0.1) is 0 Å². The molecule has 2 aliphatic rings. The molecule has 0 saturated carbocycles. The molecule has 11 rings (SSSR count). The number of hydrogen-bond acceptors (Lipinski definition) is 6. The van der Waals surface area contributed by atoms with Gasteiger partial charge in [-0.2, -0.15) is 0 Å². The number of phenols is 2. The lowest BCUT2D eigenvalue weighted by atomic mass is 10.0. The highest BCUT2D eigenvalue weighted by Gasteiger charge is 2.21. The summed E-state index contributed by atoms with van der Waals surface area (Å²) >= 11 is 0. The van der Waals surface area contributed by atoms with Gasteiger partial charge in [0.1, 0.15) is 22.8 Å². The number of rotatable bonds is 0. The Morgan fingerprint density at radius 3 is 1.39 bits per heavy atom. The second-order valence-corrected chi connectivity index (χ2v) is 12.3. The molecule has 0 spiro atoms. The van der Waals surface area contributed by atoms with Crippen LogP contribution in [0.25, 0.3) is 87.5 Å². The number of H-pyrrole nitrogens is 2. The molecular formula is C38H22N6O2. The van der Waals surface area contributed by atoms with E-state index in [-0.39, 0.29) is 11.5 Å². The van der Waals surface area contributed by atoms with Crippen LogP contribution in [-0.4, -0.2) is 40.1 Å². The summed E-state index contributed by atoms with van der Waals surface area (Å²) in [6.07, 6.45) is 1.19. The summed E-state index contributed by atoms with van der Waals surface area (Å²) in [4.78, 5) is 27.3. The zero-order chi connectivity index (χ0) is 30.3. The SMILES string of the molecule is Oc1c2cccc1c1nc3c(ccc4ccc5[nH]c(nc5c43)c3cccc(c3O)c3nc4c(ccc5ccc6c(nc2C6)c54)[nH]3)C1. The normalized spacial score (nSPS) is 13.2. The van der Waals surface area contributed by atoms with E-state index in [4.69, 9.17) is 19.9 Å². The van der Waals surface area contributed by atoms with Crippen LogP contribution in [0.2, 0.25) is 0 Å². The second-order valence-electron chi connectivity index (χ2n) is 12.3. The fourth-order valence-corrected chi connectivity index (χ4v) is 7.57. The number of aromatic hydroxyl groups is 2. The standard InChI is InChI=1S/C38H22N6O2/c45-35-21-3-1-4-22(35)28-16-20-10-8-18-12-14-26-34(30(18)32(20)40-28)44-38(42-26)24-6-2-5-23(36(24)46)37-41-25-13-11-17-7-9-19-15-27(21)39-31(19)29(17)33(25)43-37/h1-14,45-46H,15-16H2,(H,41,43)(H,42,44). The summed E-state index contributed by atoms with van der Waals surface area (Å²) in [5, 5.41) is 30.0. The molecule has 6 aromatic carbocycles. The Kier molecular flexibility index (Phi) is 4.32. The Labute approximate surface area is 259 Å². The highest BCUT2D eigenvalue weighted by molar-refractivity contribution is 6.16. The van der Waals surface area contributed by atoms with Gasteiger partial charge in [-0.05, 0) is 58.3 Å². The van der Waals surface area contributed by atoms with Crippen molar-refractivity contribution in [3.05, 3.63) is 107 Å². The maximum atomic E-state index is 11.8. The Morgan fingerprint density at radius 2 is 0.891 bits per heavy atom. The predicted octanol–water partition coefficient (Wildman–Crippen LogP) is 8.05. The van der Waals surface area contributed by atoms with Crippen LogP contribution < -0.4 is 0 Å². The molecule has 0 amide bonds. The first kappa shape index (κ1) is 24.1. The maximum absolute atomic E-state index is 11.8. The molecule has 216 valence electrons. The third-order valence-electron chi connectivity index (χ3n) is 9.80. The average molecular weight is 595 g/mol. The van der Waals surface area contributed by atoms with Gasteiger partial charge in [0.2, 0.25) is 0 Å². The van der Waals surface area contributed by atoms with Crippen molar-refractivity contribution in [3.8, 4) is 11.5 Å². The van der Waals surface area contributed by atoms with E-state index in [1.807, 2.05) is 48.5 Å². The van der Waals surface area contributed by atoms with Gasteiger partial charge in [-0.1, -0.05) is 48.5 Å². The lowest BCUT2D eigenvalue weighted by Crippen LogP contribution is -1.87. The zero-order valence-corrected chi connectivity index (χ0v) is 24.2. The van der Waals surface area contributed by atoms with E-state index < -0.39 is 0 Å². The first-order valence-electron chi connectivity index (χ1n) is 15.3. The minimum atomic E-state index is 0.0914. The molecule has 8 heteroatoms. The van der Waals surface area contributed by atoms with Gasteiger partial charge < -0.3 is 20.2 Å². The number of nitrogens with one attached hydrogen (secondary N) is 2. The van der Waals surface area contributed by atoms with Crippen molar-refractivity contribution in [2.75, 3.05) is 0 Å². The molecule has 46 heavy (non-hydrogen) atoms. The third kappa shape index (κ3) is 3.02. The van der Waals surface area contributed by atoms with Crippen molar-refractivity contribution in [2.24, 2.45) is 0 Å². The third-order valence-corrected chi connectivity index (χ3v) is 9.80. The molecule has 0 atom stereocenters. The minimum absolute atomic E-state index is 0.0914. The lowest BCUT2D eigenvalue weighted by molar-refractivity contribution is 0.486. The van der Waals surface area contributed by atoms with Gasteiger partial charge in [-0.25, -0.2) is 9.97 Å². The summed E-state index contributed by atoms with van der Waals surface area (Å²) in [5.74, 6) is 0.283. The molecule has 9 aromatic rings. The highest BCUT2D eigenvalue weighted by Crippen LogP contribution is 2.40. The van der Waals surface area contributed by atoms with Gasteiger partial charge in [0.15, 0.2) is 0 Å². The van der Waals surface area contributed by atoms with Gasteiger partial charge >= 0.3 is 0 Å². The van der Waals surface area contributed by atoms with Gasteiger partial charge in [-0.3, -0.25) is 9.97 Å². The second kappa shape index (κ2) is 8.25. The molecule has 0 saturated heterocycles. The number of aromatic amines is 2. The molecule has 3 aromatic heterocycles. The largest absolute Gasteiger partial charge is 0.507 e. The summed E-state index contributed by atoms with van der Waals surface area (Å²) in [5.41, 5.74) is 9.87. The van der Waals surface area contributed by atoms with E-state index in [0.29, 0.717) is 45.7 Å². The summed E-state index contributed by atoms with van der Waals surface area (Å²) in [7, 11) is 0. The molecular weight excluding hydrogens is 572 g/mol. The zero-order valence-electron chi connectivity index (χ0n) is 24.2. The number of hydrogen-bond donors (Lipinski definition) is 4. The summed E-state index contributed by atoms with van der Waals surface area (Å²) in [6.45, 7) is 0. The number of nitrogens with zero attached hydrogens (tertiary/aromatic N) is 4. The van der Waals surface area contributed by atoms with Crippen LogP contribution in [0.5, 0.6) is 11.5 Å². The lowest BCUT2D eigenvalue weighted by Gasteiger charge is -2.03. The first-order valence-corrected chi connectivity index (χ1v) is 15.3. The van der Waals surface area contributed by atoms with Crippen molar-refractivity contribution >= 4 is 87.5 Å². The predicted molar refractivity (Wildman–Crippen MR) is 182 cm³/mol. The Morgan fingerprint density at radius 1 is 0.457 bits per heavy atom. The minimum Gasteiger partial charge on any atom is -0.507 e. The number of phenolic OH excluding ortho intramolecular Hbond substituents is 2. The molecule has 4 N–H and O–H groups in total. The molecule has 8 nitrogen and oxygen atoms in total. The molecule has 0 unspecified atom stereocenters.